The van der Waals surface area contributed by atoms with Gasteiger partial charge in [0.1, 0.15) is 5.60 Å². The number of ether oxygens (including phenoxy) is 2. The summed E-state index contributed by atoms with van der Waals surface area (Å²) in [6.45, 7) is 8.52. The zero-order chi connectivity index (χ0) is 13.9. The van der Waals surface area contributed by atoms with E-state index in [9.17, 15) is 9.59 Å². The lowest BCUT2D eigenvalue weighted by atomic mass is 9.91. The lowest BCUT2D eigenvalue weighted by Crippen LogP contribution is -2.47. The lowest BCUT2D eigenvalue weighted by molar-refractivity contribution is -0.147. The molecule has 0 spiro atoms. The van der Waals surface area contributed by atoms with E-state index in [4.69, 9.17) is 9.47 Å². The monoisotopic (exact) mass is 257 g/mol. The molecule has 0 aromatic heterocycles. The summed E-state index contributed by atoms with van der Waals surface area (Å²) in [6.07, 6.45) is 0.398. The summed E-state index contributed by atoms with van der Waals surface area (Å²) in [5.74, 6) is -0.225. The fourth-order valence-corrected chi connectivity index (χ4v) is 2.16. The first-order chi connectivity index (χ1) is 8.23. The number of hydrogen-bond donors (Lipinski definition) is 0. The number of rotatable bonds is 1. The van der Waals surface area contributed by atoms with Crippen LogP contribution in [-0.4, -0.2) is 42.8 Å². The minimum Gasteiger partial charge on any atom is -0.469 e. The summed E-state index contributed by atoms with van der Waals surface area (Å²) in [4.78, 5) is 25.1. The van der Waals surface area contributed by atoms with Gasteiger partial charge in [-0.2, -0.15) is 0 Å². The van der Waals surface area contributed by atoms with Crippen LogP contribution < -0.4 is 0 Å². The van der Waals surface area contributed by atoms with Gasteiger partial charge in [-0.05, 0) is 33.1 Å². The molecular weight excluding hydrogens is 234 g/mol. The van der Waals surface area contributed by atoms with Crippen molar-refractivity contribution in [2.24, 2.45) is 11.8 Å². The molecule has 2 atom stereocenters. The topological polar surface area (TPSA) is 55.8 Å². The summed E-state index contributed by atoms with van der Waals surface area (Å²) in [5.41, 5.74) is -0.515. The van der Waals surface area contributed by atoms with Gasteiger partial charge in [0, 0.05) is 13.1 Å². The van der Waals surface area contributed by atoms with Crippen molar-refractivity contribution in [1.82, 2.24) is 4.90 Å². The molecule has 18 heavy (non-hydrogen) atoms. The van der Waals surface area contributed by atoms with Crippen molar-refractivity contribution in [2.45, 2.75) is 39.7 Å². The van der Waals surface area contributed by atoms with Crippen LogP contribution in [0.2, 0.25) is 0 Å². The minimum absolute atomic E-state index is 0.244. The molecule has 1 aliphatic rings. The number of nitrogens with zero attached hydrogens (tertiary/aromatic N) is 1. The average molecular weight is 257 g/mol. The Bertz CT molecular complexity index is 321. The Morgan fingerprint density at radius 1 is 1.22 bits per heavy atom. The highest BCUT2D eigenvalue weighted by molar-refractivity contribution is 5.74. The molecule has 1 amide bonds. The van der Waals surface area contributed by atoms with E-state index in [2.05, 4.69) is 0 Å². The molecule has 5 nitrogen and oxygen atoms in total. The first-order valence-electron chi connectivity index (χ1n) is 6.28. The summed E-state index contributed by atoms with van der Waals surface area (Å²) in [5, 5.41) is 0. The van der Waals surface area contributed by atoms with Crippen molar-refractivity contribution in [3.8, 4) is 0 Å². The number of likely N-dealkylation sites (tertiary alicyclic amines) is 1. The Morgan fingerprint density at radius 2 is 1.83 bits per heavy atom. The van der Waals surface area contributed by atoms with Crippen molar-refractivity contribution < 1.29 is 19.1 Å². The molecule has 0 saturated carbocycles. The van der Waals surface area contributed by atoms with Gasteiger partial charge < -0.3 is 14.4 Å². The summed E-state index contributed by atoms with van der Waals surface area (Å²) in [7, 11) is 1.37. The van der Waals surface area contributed by atoms with Crippen molar-refractivity contribution in [1.29, 1.82) is 0 Å². The highest BCUT2D eigenvalue weighted by Gasteiger charge is 2.34. The molecule has 1 saturated heterocycles. The van der Waals surface area contributed by atoms with Gasteiger partial charge in [0.25, 0.3) is 0 Å². The van der Waals surface area contributed by atoms with E-state index in [0.29, 0.717) is 13.1 Å². The zero-order valence-corrected chi connectivity index (χ0v) is 11.9. The maximum absolute atomic E-state index is 12.0. The Morgan fingerprint density at radius 3 is 2.33 bits per heavy atom. The highest BCUT2D eigenvalue weighted by atomic mass is 16.6. The molecule has 104 valence electrons. The van der Waals surface area contributed by atoms with E-state index in [0.717, 1.165) is 6.42 Å². The van der Waals surface area contributed by atoms with Crippen molar-refractivity contribution >= 4 is 12.1 Å². The third kappa shape index (κ3) is 4.20. The lowest BCUT2D eigenvalue weighted by Gasteiger charge is -2.36. The average Bonchev–Trinajstić information content (AvgIpc) is 2.24. The quantitative estimate of drug-likeness (QED) is 0.675. The molecule has 0 N–H and O–H groups in total. The first-order valence-corrected chi connectivity index (χ1v) is 6.28. The van der Waals surface area contributed by atoms with Gasteiger partial charge in [0.05, 0.1) is 13.0 Å². The summed E-state index contributed by atoms with van der Waals surface area (Å²) >= 11 is 0. The van der Waals surface area contributed by atoms with Crippen LogP contribution in [0.4, 0.5) is 4.79 Å². The van der Waals surface area contributed by atoms with E-state index in [1.54, 1.807) is 4.90 Å². The van der Waals surface area contributed by atoms with Gasteiger partial charge in [-0.15, -0.1) is 0 Å². The van der Waals surface area contributed by atoms with Gasteiger partial charge in [0.2, 0.25) is 0 Å². The molecule has 1 aliphatic heterocycles. The molecule has 0 aromatic rings. The van der Waals surface area contributed by atoms with Crippen LogP contribution in [0, 0.1) is 11.8 Å². The van der Waals surface area contributed by atoms with Crippen LogP contribution in [0.5, 0.6) is 0 Å². The van der Waals surface area contributed by atoms with E-state index < -0.39 is 5.60 Å². The molecular formula is C13H23NO4. The molecule has 0 aliphatic carbocycles. The second kappa shape index (κ2) is 5.59. The maximum Gasteiger partial charge on any atom is 0.410 e. The van der Waals surface area contributed by atoms with E-state index in [1.165, 1.54) is 7.11 Å². The number of amides is 1. The number of carbonyl (C=O) groups excluding carboxylic acids is 2. The number of esters is 1. The second-order valence-corrected chi connectivity index (χ2v) is 5.95. The van der Waals surface area contributed by atoms with Crippen LogP contribution in [0.1, 0.15) is 34.1 Å². The highest BCUT2D eigenvalue weighted by Crippen LogP contribution is 2.24. The number of hydrogen-bond acceptors (Lipinski definition) is 4. The Hall–Kier alpha value is -1.26. The van der Waals surface area contributed by atoms with Crippen molar-refractivity contribution in [3.05, 3.63) is 0 Å². The Labute approximate surface area is 108 Å². The smallest absolute Gasteiger partial charge is 0.410 e. The van der Waals surface area contributed by atoms with Crippen LogP contribution in [-0.2, 0) is 14.3 Å². The van der Waals surface area contributed by atoms with Gasteiger partial charge in [-0.1, -0.05) is 6.92 Å². The van der Waals surface area contributed by atoms with Gasteiger partial charge in [0.15, 0.2) is 0 Å². The standard InChI is InChI=1S/C13H23NO4/c1-9-6-10(11(15)17-5)8-14(7-9)12(16)18-13(2,3)4/h9-10H,6-8H2,1-5H3/t9-,10-/m0/s1. The molecule has 0 bridgehead atoms. The van der Waals surface area contributed by atoms with Gasteiger partial charge in [-0.3, -0.25) is 4.79 Å². The van der Waals surface area contributed by atoms with Crippen LogP contribution >= 0.6 is 0 Å². The first kappa shape index (κ1) is 14.8. The number of piperidine rings is 1. The number of carbonyl (C=O) groups is 2. The Balaban J connectivity index is 2.66. The van der Waals surface area contributed by atoms with Crippen molar-refractivity contribution in [3.63, 3.8) is 0 Å². The van der Waals surface area contributed by atoms with E-state index >= 15 is 0 Å². The van der Waals surface area contributed by atoms with Gasteiger partial charge in [-0.25, -0.2) is 4.79 Å². The number of methoxy groups -OCH3 is 1. The largest absolute Gasteiger partial charge is 0.469 e. The van der Waals surface area contributed by atoms with Crippen LogP contribution in [0.15, 0.2) is 0 Å². The minimum atomic E-state index is -0.515. The third-order valence-corrected chi connectivity index (χ3v) is 2.85. The van der Waals surface area contributed by atoms with E-state index in [-0.39, 0.29) is 23.9 Å². The molecule has 0 aromatic carbocycles. The third-order valence-electron chi connectivity index (χ3n) is 2.85. The fourth-order valence-electron chi connectivity index (χ4n) is 2.16. The molecule has 1 fully saturated rings. The molecule has 0 radical (unpaired) electrons. The fraction of sp³-hybridized carbons (Fsp3) is 0.846. The molecule has 1 heterocycles. The predicted octanol–water partition coefficient (Wildman–Crippen LogP) is 2.05. The van der Waals surface area contributed by atoms with Crippen molar-refractivity contribution in [2.75, 3.05) is 20.2 Å². The predicted molar refractivity (Wildman–Crippen MR) is 67.1 cm³/mol. The summed E-state index contributed by atoms with van der Waals surface area (Å²) in [6, 6.07) is 0. The van der Waals surface area contributed by atoms with Crippen LogP contribution in [0.3, 0.4) is 0 Å². The second-order valence-electron chi connectivity index (χ2n) is 5.95. The Kier molecular flexibility index (Phi) is 4.59. The molecule has 1 rings (SSSR count). The van der Waals surface area contributed by atoms with Gasteiger partial charge >= 0.3 is 12.1 Å². The SMILES string of the molecule is COC(=O)[C@H]1C[C@H](C)CN(C(=O)OC(C)(C)C)C1. The zero-order valence-electron chi connectivity index (χ0n) is 11.9. The molecule has 0 unspecified atom stereocenters. The normalized spacial score (nSPS) is 24.6. The summed E-state index contributed by atoms with van der Waals surface area (Å²) < 4.78 is 10.1. The molecule has 5 heteroatoms. The maximum atomic E-state index is 12.0. The van der Waals surface area contributed by atoms with E-state index in [1.807, 2.05) is 27.7 Å². The van der Waals surface area contributed by atoms with Crippen LogP contribution in [0.25, 0.3) is 0 Å².